The summed E-state index contributed by atoms with van der Waals surface area (Å²) in [5.74, 6) is 2.52. The number of amides is 1. The van der Waals surface area contributed by atoms with Crippen molar-refractivity contribution in [1.29, 1.82) is 0 Å². The Bertz CT molecular complexity index is 990. The third-order valence-corrected chi connectivity index (χ3v) is 8.99. The van der Waals surface area contributed by atoms with Gasteiger partial charge in [-0.25, -0.2) is 0 Å². The fraction of sp³-hybridized carbons (Fsp3) is 0.714. The summed E-state index contributed by atoms with van der Waals surface area (Å²) in [5.41, 5.74) is 0.751. The fourth-order valence-electron chi connectivity index (χ4n) is 6.39. The molecule has 1 N–H and O–H groups in total. The number of hydrogen-bond acceptors (Lipinski definition) is 6. The van der Waals surface area contributed by atoms with Crippen molar-refractivity contribution < 1.29 is 14.1 Å². The lowest BCUT2D eigenvalue weighted by molar-refractivity contribution is -0.123. The molecule has 0 atom stereocenters. The molecule has 2 aliphatic carbocycles. The topological polar surface area (TPSA) is 70.8 Å². The normalized spacial score (nSPS) is 27.9. The van der Waals surface area contributed by atoms with Crippen molar-refractivity contribution >= 4 is 34.3 Å². The zero-order valence-corrected chi connectivity index (χ0v) is 22.3. The first-order chi connectivity index (χ1) is 17.6. The first kappa shape index (κ1) is 25.8. The van der Waals surface area contributed by atoms with E-state index >= 15 is 0 Å². The van der Waals surface area contributed by atoms with Crippen molar-refractivity contribution in [3.8, 4) is 0 Å². The van der Waals surface area contributed by atoms with Crippen LogP contribution in [0.5, 0.6) is 0 Å². The molecule has 7 nitrogen and oxygen atoms in total. The molecule has 36 heavy (non-hydrogen) atoms. The van der Waals surface area contributed by atoms with E-state index in [0.717, 1.165) is 94.0 Å². The lowest BCUT2D eigenvalue weighted by Crippen LogP contribution is -2.47. The van der Waals surface area contributed by atoms with Gasteiger partial charge >= 0.3 is 0 Å². The van der Waals surface area contributed by atoms with E-state index in [1.54, 1.807) is 7.11 Å². The van der Waals surface area contributed by atoms with E-state index in [2.05, 4.69) is 20.3 Å². The lowest BCUT2D eigenvalue weighted by Gasteiger charge is -2.36. The van der Waals surface area contributed by atoms with Crippen molar-refractivity contribution in [2.75, 3.05) is 44.7 Å². The number of methoxy groups -OCH3 is 1. The number of anilines is 1. The van der Waals surface area contributed by atoms with E-state index in [1.165, 1.54) is 19.3 Å². The van der Waals surface area contributed by atoms with Crippen LogP contribution in [0.4, 0.5) is 5.82 Å². The van der Waals surface area contributed by atoms with E-state index in [0.29, 0.717) is 29.5 Å². The van der Waals surface area contributed by atoms with Gasteiger partial charge in [0.15, 0.2) is 11.4 Å². The quantitative estimate of drug-likeness (QED) is 0.516. The average Bonchev–Trinajstić information content (AvgIpc) is 3.32. The molecule has 1 saturated heterocycles. The van der Waals surface area contributed by atoms with Crippen LogP contribution in [0.15, 0.2) is 22.7 Å². The number of ether oxygens (including phenoxy) is 1. The summed E-state index contributed by atoms with van der Waals surface area (Å²) in [5, 5.41) is 9.36. The van der Waals surface area contributed by atoms with Gasteiger partial charge in [0.25, 0.3) is 0 Å². The minimum atomic E-state index is 0.264. The maximum absolute atomic E-state index is 12.6. The van der Waals surface area contributed by atoms with Gasteiger partial charge < -0.3 is 19.5 Å². The molecule has 1 aromatic carbocycles. The summed E-state index contributed by atoms with van der Waals surface area (Å²) in [6.07, 6.45) is 11.5. The summed E-state index contributed by atoms with van der Waals surface area (Å²) in [6.45, 7) is 5.21. The number of halogens is 1. The van der Waals surface area contributed by atoms with Crippen LogP contribution in [0, 0.1) is 11.8 Å². The van der Waals surface area contributed by atoms with Crippen LogP contribution in [-0.4, -0.2) is 67.9 Å². The molecule has 1 aromatic heterocycles. The molecule has 0 unspecified atom stereocenters. The highest BCUT2D eigenvalue weighted by Gasteiger charge is 2.27. The minimum absolute atomic E-state index is 0.264. The van der Waals surface area contributed by atoms with Gasteiger partial charge in [-0.1, -0.05) is 16.8 Å². The van der Waals surface area contributed by atoms with Gasteiger partial charge in [0.05, 0.1) is 11.5 Å². The maximum atomic E-state index is 12.6. The molecule has 1 aliphatic heterocycles. The van der Waals surface area contributed by atoms with Gasteiger partial charge in [-0.05, 0) is 88.3 Å². The van der Waals surface area contributed by atoms with Crippen molar-refractivity contribution in [3.63, 3.8) is 0 Å². The second-order valence-electron chi connectivity index (χ2n) is 11.1. The van der Waals surface area contributed by atoms with E-state index < -0.39 is 0 Å². The number of piperazine rings is 1. The summed E-state index contributed by atoms with van der Waals surface area (Å²) in [4.78, 5) is 17.5. The largest absolute Gasteiger partial charge is 0.381 e. The fourth-order valence-corrected chi connectivity index (χ4v) is 6.55. The van der Waals surface area contributed by atoms with Crippen LogP contribution >= 0.6 is 11.6 Å². The summed E-state index contributed by atoms with van der Waals surface area (Å²) < 4.78 is 11.0. The second kappa shape index (κ2) is 12.1. The standard InChI is InChI=1S/C28H41ClN4O3/c1-35-24-9-4-21(5-10-24)18-27(34)30-23-7-2-20(3-8-23)12-13-32-14-16-33(17-15-32)28-25-11-6-22(29)19-26(25)36-31-28/h6,11,19-21,23-24H,2-5,7-10,12-18H2,1H3,(H,30,34). The van der Waals surface area contributed by atoms with Crippen molar-refractivity contribution in [2.24, 2.45) is 11.8 Å². The molecule has 2 heterocycles. The average molecular weight is 517 g/mol. The molecule has 1 amide bonds. The number of carbonyl (C=O) groups is 1. The van der Waals surface area contributed by atoms with Gasteiger partial charge in [0.1, 0.15) is 0 Å². The highest BCUT2D eigenvalue weighted by molar-refractivity contribution is 6.31. The van der Waals surface area contributed by atoms with Crippen LogP contribution in [0.25, 0.3) is 11.0 Å². The maximum Gasteiger partial charge on any atom is 0.220 e. The zero-order chi connectivity index (χ0) is 24.9. The smallest absolute Gasteiger partial charge is 0.220 e. The number of fused-ring (bicyclic) bond motifs is 1. The van der Waals surface area contributed by atoms with Crippen LogP contribution in [-0.2, 0) is 9.53 Å². The van der Waals surface area contributed by atoms with Gasteiger partial charge in [0, 0.05) is 56.8 Å². The zero-order valence-electron chi connectivity index (χ0n) is 21.6. The Morgan fingerprint density at radius 2 is 1.78 bits per heavy atom. The Hall–Kier alpha value is -1.83. The monoisotopic (exact) mass is 516 g/mol. The second-order valence-corrected chi connectivity index (χ2v) is 11.6. The number of benzene rings is 1. The number of rotatable bonds is 8. The van der Waals surface area contributed by atoms with Gasteiger partial charge in [-0.3, -0.25) is 9.69 Å². The first-order valence-corrected chi connectivity index (χ1v) is 14.3. The molecule has 0 radical (unpaired) electrons. The highest BCUT2D eigenvalue weighted by Crippen LogP contribution is 2.31. The minimum Gasteiger partial charge on any atom is -0.381 e. The third kappa shape index (κ3) is 6.53. The SMILES string of the molecule is COC1CCC(CC(=O)NC2CCC(CCN3CCN(c4noc5cc(Cl)ccc45)CC3)CC2)CC1. The van der Waals surface area contributed by atoms with Crippen molar-refractivity contribution in [1.82, 2.24) is 15.4 Å². The highest BCUT2D eigenvalue weighted by atomic mass is 35.5. The third-order valence-electron chi connectivity index (χ3n) is 8.75. The molecule has 2 aromatic rings. The molecule has 3 fully saturated rings. The molecule has 198 valence electrons. The number of nitrogens with zero attached hydrogens (tertiary/aromatic N) is 3. The number of hydrogen-bond donors (Lipinski definition) is 1. The Kier molecular flexibility index (Phi) is 8.70. The Labute approximate surface area is 219 Å². The molecular weight excluding hydrogens is 476 g/mol. The number of carbonyl (C=O) groups excluding carboxylic acids is 1. The first-order valence-electron chi connectivity index (χ1n) is 13.9. The summed E-state index contributed by atoms with van der Waals surface area (Å²) in [7, 11) is 1.80. The number of nitrogens with one attached hydrogen (secondary N) is 1. The molecule has 2 saturated carbocycles. The van der Waals surface area contributed by atoms with Gasteiger partial charge in [0.2, 0.25) is 5.91 Å². The van der Waals surface area contributed by atoms with Crippen LogP contribution in [0.2, 0.25) is 5.02 Å². The van der Waals surface area contributed by atoms with Gasteiger partial charge in [-0.2, -0.15) is 0 Å². The van der Waals surface area contributed by atoms with Gasteiger partial charge in [-0.15, -0.1) is 0 Å². The summed E-state index contributed by atoms with van der Waals surface area (Å²) in [6, 6.07) is 6.11. The predicted molar refractivity (Wildman–Crippen MR) is 144 cm³/mol. The molecule has 0 spiro atoms. The molecule has 8 heteroatoms. The molecule has 3 aliphatic rings. The number of aromatic nitrogens is 1. The van der Waals surface area contributed by atoms with E-state index in [1.807, 2.05) is 18.2 Å². The molecule has 0 bridgehead atoms. The lowest BCUT2D eigenvalue weighted by atomic mass is 9.83. The summed E-state index contributed by atoms with van der Waals surface area (Å²) >= 11 is 6.08. The van der Waals surface area contributed by atoms with Crippen LogP contribution < -0.4 is 10.2 Å². The van der Waals surface area contributed by atoms with E-state index in [-0.39, 0.29) is 5.91 Å². The molecule has 5 rings (SSSR count). The van der Waals surface area contributed by atoms with E-state index in [9.17, 15) is 4.79 Å². The Balaban J connectivity index is 0.973. The van der Waals surface area contributed by atoms with Crippen molar-refractivity contribution in [3.05, 3.63) is 23.2 Å². The molecular formula is C28H41ClN4O3. The van der Waals surface area contributed by atoms with Crippen molar-refractivity contribution in [2.45, 2.75) is 76.4 Å². The van der Waals surface area contributed by atoms with Crippen LogP contribution in [0.3, 0.4) is 0 Å². The van der Waals surface area contributed by atoms with Crippen LogP contribution in [0.1, 0.15) is 64.2 Å². The van der Waals surface area contributed by atoms with E-state index in [4.69, 9.17) is 20.9 Å². The Morgan fingerprint density at radius 1 is 1.06 bits per heavy atom. The predicted octanol–water partition coefficient (Wildman–Crippen LogP) is 5.26. The Morgan fingerprint density at radius 3 is 2.50 bits per heavy atom.